The smallest absolute Gasteiger partial charge is 0.346 e. The topological polar surface area (TPSA) is 117 Å². The van der Waals surface area contributed by atoms with E-state index in [1.54, 1.807) is 0 Å². The molecule has 0 aliphatic rings. The van der Waals surface area contributed by atoms with Crippen LogP contribution in [0.4, 0.5) is 0 Å². The van der Waals surface area contributed by atoms with E-state index in [0.29, 0.717) is 0 Å². The molecule has 15 heavy (non-hydrogen) atoms. The molecule has 82 valence electrons. The van der Waals surface area contributed by atoms with Gasteiger partial charge in [-0.1, -0.05) is 0 Å². The molecule has 1 heterocycles. The summed E-state index contributed by atoms with van der Waals surface area (Å²) in [6, 6.07) is 1.03. The maximum atomic E-state index is 11.1. The summed E-state index contributed by atoms with van der Waals surface area (Å²) in [4.78, 5) is 26.6. The molecule has 2 N–H and O–H groups in total. The standard InChI is InChI=1S/C7H8N2O5S/c1-15(13,14)5-2-4(3-6(10)11)8-7(12)9-5/h2H,3H2,1H3,(H,10,11)(H,8,9,12). The highest BCUT2D eigenvalue weighted by molar-refractivity contribution is 7.90. The highest BCUT2D eigenvalue weighted by Gasteiger charge is 2.12. The van der Waals surface area contributed by atoms with Crippen LogP contribution in [0.2, 0.25) is 0 Å². The van der Waals surface area contributed by atoms with Crippen molar-refractivity contribution in [3.05, 3.63) is 22.2 Å². The fourth-order valence-electron chi connectivity index (χ4n) is 0.931. The lowest BCUT2D eigenvalue weighted by Crippen LogP contribution is -2.18. The van der Waals surface area contributed by atoms with Crippen molar-refractivity contribution in [1.29, 1.82) is 0 Å². The van der Waals surface area contributed by atoms with Crippen LogP contribution in [0.5, 0.6) is 0 Å². The number of hydrogen-bond acceptors (Lipinski definition) is 5. The van der Waals surface area contributed by atoms with Gasteiger partial charge in [0.2, 0.25) is 0 Å². The quantitative estimate of drug-likeness (QED) is 0.632. The Kier molecular flexibility index (Phi) is 2.89. The molecule has 1 rings (SSSR count). The highest BCUT2D eigenvalue weighted by atomic mass is 32.2. The van der Waals surface area contributed by atoms with E-state index in [1.165, 1.54) is 0 Å². The zero-order valence-corrected chi connectivity index (χ0v) is 8.54. The van der Waals surface area contributed by atoms with Gasteiger partial charge in [-0.05, 0) is 6.07 Å². The number of hydrogen-bond donors (Lipinski definition) is 2. The van der Waals surface area contributed by atoms with Crippen LogP contribution in [0.25, 0.3) is 0 Å². The van der Waals surface area contributed by atoms with Crippen LogP contribution in [-0.4, -0.2) is 35.7 Å². The van der Waals surface area contributed by atoms with Crippen molar-refractivity contribution >= 4 is 15.8 Å². The molecular formula is C7H8N2O5S. The van der Waals surface area contributed by atoms with Crippen LogP contribution >= 0.6 is 0 Å². The Morgan fingerprint density at radius 1 is 1.60 bits per heavy atom. The fourth-order valence-corrected chi connectivity index (χ4v) is 1.54. The number of aliphatic carboxylic acids is 1. The molecule has 0 unspecified atom stereocenters. The monoisotopic (exact) mass is 232 g/mol. The van der Waals surface area contributed by atoms with E-state index in [9.17, 15) is 18.0 Å². The zero-order valence-electron chi connectivity index (χ0n) is 7.72. The summed E-state index contributed by atoms with van der Waals surface area (Å²) >= 11 is 0. The van der Waals surface area contributed by atoms with Crippen molar-refractivity contribution in [2.75, 3.05) is 6.26 Å². The molecule has 0 aromatic carbocycles. The number of nitrogens with one attached hydrogen (secondary N) is 1. The Morgan fingerprint density at radius 3 is 2.67 bits per heavy atom. The van der Waals surface area contributed by atoms with Crippen molar-refractivity contribution < 1.29 is 18.3 Å². The van der Waals surface area contributed by atoms with Gasteiger partial charge in [-0.3, -0.25) is 4.79 Å². The normalized spacial score (nSPS) is 11.3. The Bertz CT molecular complexity index is 545. The number of H-pyrrole nitrogens is 1. The van der Waals surface area contributed by atoms with Gasteiger partial charge in [0, 0.05) is 11.9 Å². The number of nitrogens with zero attached hydrogens (tertiary/aromatic N) is 1. The molecule has 0 bridgehead atoms. The number of carbonyl (C=O) groups is 1. The van der Waals surface area contributed by atoms with E-state index in [2.05, 4.69) is 9.97 Å². The first-order valence-corrected chi connectivity index (χ1v) is 5.70. The molecule has 0 spiro atoms. The van der Waals surface area contributed by atoms with Crippen molar-refractivity contribution in [1.82, 2.24) is 9.97 Å². The number of carboxylic acids is 1. The maximum absolute atomic E-state index is 11.1. The molecule has 0 atom stereocenters. The molecule has 0 radical (unpaired) electrons. The van der Waals surface area contributed by atoms with E-state index < -0.39 is 32.9 Å². The van der Waals surface area contributed by atoms with Crippen LogP contribution in [0.3, 0.4) is 0 Å². The third kappa shape index (κ3) is 3.17. The second-order valence-corrected chi connectivity index (χ2v) is 4.86. The van der Waals surface area contributed by atoms with Gasteiger partial charge in [-0.15, -0.1) is 0 Å². The minimum absolute atomic E-state index is 0.00271. The predicted octanol–water partition coefficient (Wildman–Crippen LogP) is -1.20. The van der Waals surface area contributed by atoms with Gasteiger partial charge in [0.1, 0.15) is 0 Å². The summed E-state index contributed by atoms with van der Waals surface area (Å²) in [5, 5.41) is 8.03. The van der Waals surface area contributed by atoms with Crippen LogP contribution < -0.4 is 5.69 Å². The third-order valence-corrected chi connectivity index (χ3v) is 2.47. The van der Waals surface area contributed by atoms with Crippen molar-refractivity contribution in [3.63, 3.8) is 0 Å². The summed E-state index contributed by atoms with van der Waals surface area (Å²) in [5.41, 5.74) is -0.878. The second-order valence-electron chi connectivity index (χ2n) is 2.89. The van der Waals surface area contributed by atoms with Crippen LogP contribution in [0.15, 0.2) is 15.9 Å². The predicted molar refractivity (Wildman–Crippen MR) is 49.3 cm³/mol. The molecule has 0 fully saturated rings. The van der Waals surface area contributed by atoms with E-state index in [0.717, 1.165) is 12.3 Å². The summed E-state index contributed by atoms with van der Waals surface area (Å²) in [6.07, 6.45) is 0.430. The Morgan fingerprint density at radius 2 is 2.20 bits per heavy atom. The average Bonchev–Trinajstić information content (AvgIpc) is 1.99. The van der Waals surface area contributed by atoms with E-state index >= 15 is 0 Å². The third-order valence-electron chi connectivity index (χ3n) is 1.50. The Hall–Kier alpha value is -1.70. The number of sulfone groups is 1. The first kappa shape index (κ1) is 11.4. The lowest BCUT2D eigenvalue weighted by Gasteiger charge is -1.99. The molecule has 0 saturated carbocycles. The summed E-state index contributed by atoms with van der Waals surface area (Å²) < 4.78 is 22.1. The van der Waals surface area contributed by atoms with E-state index in [1.807, 2.05) is 0 Å². The first-order chi connectivity index (χ1) is 6.79. The highest BCUT2D eigenvalue weighted by Crippen LogP contribution is 2.04. The molecular weight excluding hydrogens is 224 g/mol. The average molecular weight is 232 g/mol. The lowest BCUT2D eigenvalue weighted by molar-refractivity contribution is -0.136. The van der Waals surface area contributed by atoms with Crippen LogP contribution in [0.1, 0.15) is 5.69 Å². The molecule has 1 aromatic heterocycles. The molecule has 0 amide bonds. The van der Waals surface area contributed by atoms with Crippen LogP contribution in [-0.2, 0) is 21.1 Å². The zero-order chi connectivity index (χ0) is 11.6. The van der Waals surface area contributed by atoms with E-state index in [-0.39, 0.29) is 5.69 Å². The largest absolute Gasteiger partial charge is 0.481 e. The molecule has 1 aromatic rings. The minimum atomic E-state index is -3.61. The lowest BCUT2D eigenvalue weighted by atomic mass is 10.3. The van der Waals surface area contributed by atoms with Gasteiger partial charge in [0.15, 0.2) is 14.9 Å². The van der Waals surface area contributed by atoms with Gasteiger partial charge in [0.05, 0.1) is 6.42 Å². The Balaban J connectivity index is 3.29. The van der Waals surface area contributed by atoms with Crippen molar-refractivity contribution in [2.45, 2.75) is 11.4 Å². The number of aromatic nitrogens is 2. The van der Waals surface area contributed by atoms with Gasteiger partial charge in [-0.2, -0.15) is 4.98 Å². The SMILES string of the molecule is CS(=O)(=O)c1cc(CC(=O)O)[nH]c(=O)n1. The first-order valence-electron chi connectivity index (χ1n) is 3.81. The van der Waals surface area contributed by atoms with Crippen molar-refractivity contribution in [2.24, 2.45) is 0 Å². The van der Waals surface area contributed by atoms with Crippen molar-refractivity contribution in [3.8, 4) is 0 Å². The minimum Gasteiger partial charge on any atom is -0.481 e. The molecule has 0 aliphatic heterocycles. The molecule has 8 heteroatoms. The fraction of sp³-hybridized carbons (Fsp3) is 0.286. The number of aromatic amines is 1. The number of rotatable bonds is 3. The molecule has 7 nitrogen and oxygen atoms in total. The second kappa shape index (κ2) is 3.81. The van der Waals surface area contributed by atoms with E-state index in [4.69, 9.17) is 5.11 Å². The molecule has 0 saturated heterocycles. The van der Waals surface area contributed by atoms with Gasteiger partial charge in [0.25, 0.3) is 0 Å². The summed E-state index contributed by atoms with van der Waals surface area (Å²) in [6.45, 7) is 0. The van der Waals surface area contributed by atoms with Gasteiger partial charge < -0.3 is 10.1 Å². The molecule has 0 aliphatic carbocycles. The summed E-state index contributed by atoms with van der Waals surface area (Å²) in [7, 11) is -3.61. The van der Waals surface area contributed by atoms with Gasteiger partial charge in [-0.25, -0.2) is 13.2 Å². The Labute approximate surface area is 84.7 Å². The van der Waals surface area contributed by atoms with Gasteiger partial charge >= 0.3 is 11.7 Å². The number of carboxylic acid groups (broad SMARTS) is 1. The maximum Gasteiger partial charge on any atom is 0.346 e. The summed E-state index contributed by atoms with van der Waals surface area (Å²) in [5.74, 6) is -1.17. The van der Waals surface area contributed by atoms with Crippen LogP contribution in [0, 0.1) is 0 Å².